The Morgan fingerprint density at radius 2 is 2.03 bits per heavy atom. The highest BCUT2D eigenvalue weighted by molar-refractivity contribution is 6.05. The molecule has 158 valence electrons. The number of hydrogen-bond donors (Lipinski definition) is 3. The van der Waals surface area contributed by atoms with Crippen LogP contribution in [0.4, 0.5) is 10.2 Å². The van der Waals surface area contributed by atoms with Crippen LogP contribution in [-0.4, -0.2) is 32.8 Å². The molecular formula is C22H22FN7O. The summed E-state index contributed by atoms with van der Waals surface area (Å²) in [5, 5.41) is 8.69. The Morgan fingerprint density at radius 3 is 2.77 bits per heavy atom. The molecule has 3 heterocycles. The molecule has 4 rings (SSSR count). The summed E-state index contributed by atoms with van der Waals surface area (Å²) in [7, 11) is 0. The van der Waals surface area contributed by atoms with Gasteiger partial charge in [0.25, 0.3) is 5.91 Å². The fraction of sp³-hybridized carbons (Fsp3) is 0.182. The zero-order valence-electron chi connectivity index (χ0n) is 17.3. The van der Waals surface area contributed by atoms with E-state index in [0.717, 1.165) is 16.7 Å². The minimum atomic E-state index is -0.599. The van der Waals surface area contributed by atoms with Crippen LogP contribution >= 0.6 is 0 Å². The Kier molecular flexibility index (Phi) is 5.59. The largest absolute Gasteiger partial charge is 0.306 e. The van der Waals surface area contributed by atoms with Gasteiger partial charge in [-0.2, -0.15) is 0 Å². The van der Waals surface area contributed by atoms with Crippen molar-refractivity contribution in [2.45, 2.75) is 26.8 Å². The van der Waals surface area contributed by atoms with Crippen LogP contribution in [0.25, 0.3) is 11.1 Å². The second-order valence-corrected chi connectivity index (χ2v) is 7.37. The van der Waals surface area contributed by atoms with Crippen LogP contribution in [0.1, 0.15) is 35.5 Å². The lowest BCUT2D eigenvalue weighted by atomic mass is 9.98. The Morgan fingerprint density at radius 1 is 1.19 bits per heavy atom. The first-order chi connectivity index (χ1) is 14.9. The van der Waals surface area contributed by atoms with Gasteiger partial charge in [0.2, 0.25) is 0 Å². The molecular weight excluding hydrogens is 397 g/mol. The maximum atomic E-state index is 14.6. The molecule has 0 radical (unpaired) electrons. The first kappa shape index (κ1) is 20.4. The van der Waals surface area contributed by atoms with Gasteiger partial charge in [-0.1, -0.05) is 12.1 Å². The zero-order valence-corrected chi connectivity index (χ0v) is 17.3. The molecule has 1 aliphatic heterocycles. The number of aromatic nitrogens is 2. The van der Waals surface area contributed by atoms with E-state index in [4.69, 9.17) is 0 Å². The first-order valence-electron chi connectivity index (χ1n) is 9.81. The highest BCUT2D eigenvalue weighted by Crippen LogP contribution is 2.26. The average molecular weight is 419 g/mol. The molecule has 0 aliphatic carbocycles. The number of hydrazone groups is 1. The van der Waals surface area contributed by atoms with E-state index in [1.807, 2.05) is 24.9 Å². The monoisotopic (exact) mass is 419 g/mol. The topological polar surface area (TPSA) is 94.5 Å². The van der Waals surface area contributed by atoms with Gasteiger partial charge in [-0.05, 0) is 62.2 Å². The molecule has 0 unspecified atom stereocenters. The number of hydrazine groups is 2. The van der Waals surface area contributed by atoms with Crippen molar-refractivity contribution in [2.75, 3.05) is 5.32 Å². The fourth-order valence-electron chi connectivity index (χ4n) is 3.29. The van der Waals surface area contributed by atoms with Crippen LogP contribution in [0.2, 0.25) is 0 Å². The highest BCUT2D eigenvalue weighted by atomic mass is 19.1. The van der Waals surface area contributed by atoms with Gasteiger partial charge in [-0.15, -0.1) is 10.6 Å². The van der Waals surface area contributed by atoms with E-state index in [2.05, 4.69) is 31.5 Å². The number of amidine groups is 1. The first-order valence-corrected chi connectivity index (χ1v) is 9.81. The van der Waals surface area contributed by atoms with Gasteiger partial charge >= 0.3 is 0 Å². The lowest BCUT2D eigenvalue weighted by Crippen LogP contribution is -2.45. The second-order valence-electron chi connectivity index (χ2n) is 7.37. The minimum absolute atomic E-state index is 0.0676. The summed E-state index contributed by atoms with van der Waals surface area (Å²) in [5.41, 5.74) is 8.39. The molecule has 2 aromatic heterocycles. The molecule has 0 atom stereocenters. The number of nitrogens with one attached hydrogen (secondary N) is 3. The maximum Gasteiger partial charge on any atom is 0.259 e. The van der Waals surface area contributed by atoms with Crippen molar-refractivity contribution in [3.8, 4) is 11.1 Å². The number of hydrogen-bond acceptors (Lipinski definition) is 7. The molecule has 0 bridgehead atoms. The Hall–Kier alpha value is -3.85. The molecule has 8 nitrogen and oxygen atoms in total. The quantitative estimate of drug-likeness (QED) is 0.588. The van der Waals surface area contributed by atoms with E-state index in [1.54, 1.807) is 43.6 Å². The molecule has 0 saturated heterocycles. The van der Waals surface area contributed by atoms with Crippen LogP contribution in [0.5, 0.6) is 0 Å². The van der Waals surface area contributed by atoms with Gasteiger partial charge < -0.3 is 5.32 Å². The summed E-state index contributed by atoms with van der Waals surface area (Å²) < 4.78 is 14.6. The lowest BCUT2D eigenvalue weighted by molar-refractivity contribution is 0.102. The molecule has 1 aromatic carbocycles. The minimum Gasteiger partial charge on any atom is -0.306 e. The van der Waals surface area contributed by atoms with E-state index in [9.17, 15) is 9.18 Å². The van der Waals surface area contributed by atoms with Gasteiger partial charge in [-0.25, -0.2) is 14.9 Å². The second kappa shape index (κ2) is 8.49. The van der Waals surface area contributed by atoms with Crippen LogP contribution in [0.3, 0.4) is 0 Å². The number of halogens is 1. The number of carbonyl (C=O) groups excluding carboxylic acids is 1. The van der Waals surface area contributed by atoms with Crippen molar-refractivity contribution < 1.29 is 9.18 Å². The van der Waals surface area contributed by atoms with Gasteiger partial charge in [0.15, 0.2) is 5.84 Å². The van der Waals surface area contributed by atoms with Crippen molar-refractivity contribution >= 4 is 17.6 Å². The summed E-state index contributed by atoms with van der Waals surface area (Å²) in [6.45, 7) is 5.80. The van der Waals surface area contributed by atoms with Gasteiger partial charge in [0, 0.05) is 24.0 Å². The SMILES string of the molecule is Cc1cc(F)c(C(=O)Nc2cccc(C3=NNNN3C(C)C)n2)cc1-c1cccnc1. The third-order valence-electron chi connectivity index (χ3n) is 4.83. The van der Waals surface area contributed by atoms with Crippen molar-refractivity contribution in [2.24, 2.45) is 5.10 Å². The maximum absolute atomic E-state index is 14.6. The summed E-state index contributed by atoms with van der Waals surface area (Å²) >= 11 is 0. The zero-order chi connectivity index (χ0) is 22.0. The van der Waals surface area contributed by atoms with Crippen LogP contribution in [0, 0.1) is 12.7 Å². The number of benzene rings is 1. The number of aryl methyl sites for hydroxylation is 1. The third kappa shape index (κ3) is 4.22. The molecule has 9 heteroatoms. The smallest absolute Gasteiger partial charge is 0.259 e. The Bertz CT molecular complexity index is 1150. The van der Waals surface area contributed by atoms with Gasteiger partial charge in [0.1, 0.15) is 17.3 Å². The number of anilines is 1. The van der Waals surface area contributed by atoms with Crippen LogP contribution < -0.4 is 16.4 Å². The van der Waals surface area contributed by atoms with E-state index in [0.29, 0.717) is 17.3 Å². The van der Waals surface area contributed by atoms with E-state index in [-0.39, 0.29) is 11.6 Å². The number of carbonyl (C=O) groups is 1. The van der Waals surface area contributed by atoms with Crippen molar-refractivity contribution in [1.29, 1.82) is 0 Å². The summed E-state index contributed by atoms with van der Waals surface area (Å²) in [6, 6.07) is 11.9. The number of amides is 1. The number of pyridine rings is 2. The predicted molar refractivity (Wildman–Crippen MR) is 116 cm³/mol. The molecule has 31 heavy (non-hydrogen) atoms. The standard InChI is InChI=1S/C22H22FN7O/c1-13(2)30-21(27-28-29-30)19-7-4-8-20(25-19)26-22(31)17-11-16(14(3)10-18(17)23)15-6-5-9-24-12-15/h4-13,28-29H,1-3H3,(H,25,26,31). The summed E-state index contributed by atoms with van der Waals surface area (Å²) in [5.74, 6) is -0.300. The van der Waals surface area contributed by atoms with Crippen LogP contribution in [0.15, 0.2) is 60.0 Å². The normalized spacial score (nSPS) is 13.2. The van der Waals surface area contributed by atoms with Crippen LogP contribution in [-0.2, 0) is 0 Å². The van der Waals surface area contributed by atoms with Crippen molar-refractivity contribution in [3.63, 3.8) is 0 Å². The van der Waals surface area contributed by atoms with Crippen molar-refractivity contribution in [3.05, 3.63) is 77.5 Å². The Balaban J connectivity index is 1.61. The average Bonchev–Trinajstić information content (AvgIpc) is 3.25. The molecule has 1 amide bonds. The van der Waals surface area contributed by atoms with Crippen molar-refractivity contribution in [1.82, 2.24) is 26.0 Å². The highest BCUT2D eigenvalue weighted by Gasteiger charge is 2.23. The van der Waals surface area contributed by atoms with Gasteiger partial charge in [0.05, 0.1) is 5.56 Å². The number of rotatable bonds is 5. The Labute approximate surface area is 179 Å². The molecule has 1 aliphatic rings. The number of nitrogens with zero attached hydrogens (tertiary/aromatic N) is 4. The fourth-order valence-corrected chi connectivity index (χ4v) is 3.29. The summed E-state index contributed by atoms with van der Waals surface area (Å²) in [6.07, 6.45) is 3.34. The molecule has 0 saturated carbocycles. The lowest BCUT2D eigenvalue weighted by Gasteiger charge is -2.22. The predicted octanol–water partition coefficient (Wildman–Crippen LogP) is 3.24. The summed E-state index contributed by atoms with van der Waals surface area (Å²) in [4.78, 5) is 21.4. The molecule has 0 spiro atoms. The van der Waals surface area contributed by atoms with E-state index >= 15 is 0 Å². The molecule has 3 aromatic rings. The third-order valence-corrected chi connectivity index (χ3v) is 4.83. The molecule has 0 fully saturated rings. The van der Waals surface area contributed by atoms with Gasteiger partial charge in [-0.3, -0.25) is 14.8 Å². The van der Waals surface area contributed by atoms with E-state index < -0.39 is 11.7 Å². The molecule has 3 N–H and O–H groups in total. The van der Waals surface area contributed by atoms with E-state index in [1.165, 1.54) is 12.1 Å².